The third kappa shape index (κ3) is 2.53. The van der Waals surface area contributed by atoms with Crippen LogP contribution in [0.15, 0.2) is 78.9 Å². The number of ether oxygens (including phenoxy) is 1. The Hall–Kier alpha value is -2.58. The van der Waals surface area contributed by atoms with Crippen molar-refractivity contribution in [2.45, 2.75) is 18.3 Å². The summed E-state index contributed by atoms with van der Waals surface area (Å²) >= 11 is 0. The summed E-state index contributed by atoms with van der Waals surface area (Å²) in [7, 11) is 0. The lowest BCUT2D eigenvalue weighted by Crippen LogP contribution is -2.35. The van der Waals surface area contributed by atoms with Crippen LogP contribution in [0.3, 0.4) is 0 Å². The van der Waals surface area contributed by atoms with Gasteiger partial charge in [-0.05, 0) is 37.1 Å². The van der Waals surface area contributed by atoms with Crippen molar-refractivity contribution in [2.75, 3.05) is 19.6 Å². The quantitative estimate of drug-likeness (QED) is 0.663. The first-order valence-electron chi connectivity index (χ1n) is 9.48. The van der Waals surface area contributed by atoms with Crippen LogP contribution in [0.1, 0.15) is 23.1 Å². The Labute approximate surface area is 155 Å². The second-order valence-electron chi connectivity index (χ2n) is 7.44. The highest BCUT2D eigenvalue weighted by Gasteiger charge is 2.46. The molecule has 1 fully saturated rings. The van der Waals surface area contributed by atoms with Gasteiger partial charge in [0.1, 0.15) is 11.5 Å². The fourth-order valence-corrected chi connectivity index (χ4v) is 4.62. The van der Waals surface area contributed by atoms with Gasteiger partial charge in [0.15, 0.2) is 0 Å². The molecule has 0 aromatic heterocycles. The largest absolute Gasteiger partial charge is 0.457 e. The zero-order valence-electron chi connectivity index (χ0n) is 14.9. The van der Waals surface area contributed by atoms with Crippen molar-refractivity contribution < 1.29 is 4.74 Å². The molecule has 0 aliphatic carbocycles. The number of para-hydroxylation sites is 2. The van der Waals surface area contributed by atoms with Crippen LogP contribution in [0.5, 0.6) is 11.5 Å². The Morgan fingerprint density at radius 3 is 2.08 bits per heavy atom. The average molecular weight is 341 g/mol. The molecule has 0 saturated carbocycles. The van der Waals surface area contributed by atoms with Crippen molar-refractivity contribution in [1.29, 1.82) is 0 Å². The molecule has 0 amide bonds. The molecule has 0 radical (unpaired) electrons. The van der Waals surface area contributed by atoms with Crippen LogP contribution in [0.4, 0.5) is 0 Å². The fraction of sp³-hybridized carbons (Fsp3) is 0.250. The molecule has 26 heavy (non-hydrogen) atoms. The molecule has 0 atom stereocenters. The highest BCUT2D eigenvalue weighted by Crippen LogP contribution is 2.52. The second-order valence-corrected chi connectivity index (χ2v) is 7.44. The van der Waals surface area contributed by atoms with E-state index in [1.165, 1.54) is 16.7 Å². The molecule has 3 aromatic carbocycles. The van der Waals surface area contributed by atoms with Crippen LogP contribution < -0.4 is 4.74 Å². The van der Waals surface area contributed by atoms with Crippen molar-refractivity contribution in [3.8, 4) is 11.5 Å². The first-order valence-corrected chi connectivity index (χ1v) is 9.48. The summed E-state index contributed by atoms with van der Waals surface area (Å²) < 4.78 is 6.21. The van der Waals surface area contributed by atoms with Gasteiger partial charge in [0.2, 0.25) is 0 Å². The number of hydrogen-bond donors (Lipinski definition) is 0. The number of likely N-dealkylation sites (tertiary alicyclic amines) is 1. The first-order chi connectivity index (χ1) is 12.9. The average Bonchev–Trinajstić information content (AvgIpc) is 3.12. The highest BCUT2D eigenvalue weighted by atomic mass is 16.5. The molecular weight excluding hydrogens is 318 g/mol. The van der Waals surface area contributed by atoms with Crippen molar-refractivity contribution in [2.24, 2.45) is 0 Å². The SMILES string of the molecule is c1ccc(CCN2CCC3(C2)c2ccccc2Oc2ccccc23)cc1. The van der Waals surface area contributed by atoms with E-state index in [0.717, 1.165) is 44.0 Å². The molecule has 2 nitrogen and oxygen atoms in total. The lowest BCUT2D eigenvalue weighted by atomic mass is 9.72. The van der Waals surface area contributed by atoms with Gasteiger partial charge in [0, 0.05) is 29.6 Å². The lowest BCUT2D eigenvalue weighted by Gasteiger charge is -2.37. The van der Waals surface area contributed by atoms with Gasteiger partial charge >= 0.3 is 0 Å². The lowest BCUT2D eigenvalue weighted by molar-refractivity contribution is 0.316. The van der Waals surface area contributed by atoms with Crippen LogP contribution in [0.25, 0.3) is 0 Å². The molecule has 2 heteroatoms. The van der Waals surface area contributed by atoms with Gasteiger partial charge in [0.25, 0.3) is 0 Å². The Balaban J connectivity index is 1.46. The van der Waals surface area contributed by atoms with Crippen LogP contribution in [-0.2, 0) is 11.8 Å². The molecule has 1 saturated heterocycles. The first kappa shape index (κ1) is 15.7. The molecule has 0 N–H and O–H groups in total. The Bertz CT molecular complexity index is 873. The minimum absolute atomic E-state index is 0.0577. The van der Waals surface area contributed by atoms with E-state index in [2.05, 4.69) is 83.8 Å². The number of benzene rings is 3. The second kappa shape index (κ2) is 6.30. The molecule has 2 heterocycles. The standard InChI is InChI=1S/C24H23NO/c1-2-8-19(9-3-1)14-16-25-17-15-24(18-25)20-10-4-6-12-22(20)26-23-13-7-5-11-21(23)24/h1-13H,14-18H2. The van der Waals surface area contributed by atoms with Gasteiger partial charge < -0.3 is 9.64 Å². The van der Waals surface area contributed by atoms with E-state index in [1.807, 2.05) is 0 Å². The van der Waals surface area contributed by atoms with Gasteiger partial charge in [-0.3, -0.25) is 0 Å². The number of hydrogen-bond acceptors (Lipinski definition) is 2. The van der Waals surface area contributed by atoms with E-state index < -0.39 is 0 Å². The molecular formula is C24H23NO. The molecule has 1 spiro atoms. The summed E-state index contributed by atoms with van der Waals surface area (Å²) in [6.07, 6.45) is 2.26. The summed E-state index contributed by atoms with van der Waals surface area (Å²) in [6, 6.07) is 28.0. The number of nitrogens with zero attached hydrogens (tertiary/aromatic N) is 1. The maximum atomic E-state index is 6.21. The van der Waals surface area contributed by atoms with E-state index in [4.69, 9.17) is 4.74 Å². The minimum atomic E-state index is 0.0577. The Morgan fingerprint density at radius 1 is 0.769 bits per heavy atom. The molecule has 130 valence electrons. The summed E-state index contributed by atoms with van der Waals surface area (Å²) in [5.41, 5.74) is 4.17. The van der Waals surface area contributed by atoms with Crippen LogP contribution in [0, 0.1) is 0 Å². The van der Waals surface area contributed by atoms with Gasteiger partial charge in [0.05, 0.1) is 0 Å². The van der Waals surface area contributed by atoms with Crippen LogP contribution >= 0.6 is 0 Å². The normalized spacial score (nSPS) is 17.5. The van der Waals surface area contributed by atoms with Crippen molar-refractivity contribution in [3.05, 3.63) is 95.6 Å². The number of fused-ring (bicyclic) bond motifs is 4. The third-order valence-electron chi connectivity index (χ3n) is 5.93. The van der Waals surface area contributed by atoms with Gasteiger partial charge in [-0.2, -0.15) is 0 Å². The summed E-state index contributed by atoms with van der Waals surface area (Å²) in [6.45, 7) is 3.31. The monoisotopic (exact) mass is 341 g/mol. The zero-order chi connectivity index (χ0) is 17.4. The van der Waals surface area contributed by atoms with Gasteiger partial charge in [-0.15, -0.1) is 0 Å². The van der Waals surface area contributed by atoms with E-state index >= 15 is 0 Å². The predicted octanol–water partition coefficient (Wildman–Crippen LogP) is 5.03. The predicted molar refractivity (Wildman–Crippen MR) is 105 cm³/mol. The molecule has 0 bridgehead atoms. The molecule has 3 aromatic rings. The van der Waals surface area contributed by atoms with E-state index in [1.54, 1.807) is 0 Å². The molecule has 0 unspecified atom stereocenters. The minimum Gasteiger partial charge on any atom is -0.457 e. The van der Waals surface area contributed by atoms with E-state index in [0.29, 0.717) is 0 Å². The van der Waals surface area contributed by atoms with E-state index in [9.17, 15) is 0 Å². The van der Waals surface area contributed by atoms with Gasteiger partial charge in [-0.1, -0.05) is 66.7 Å². The molecule has 5 rings (SSSR count). The van der Waals surface area contributed by atoms with Crippen molar-refractivity contribution in [3.63, 3.8) is 0 Å². The zero-order valence-corrected chi connectivity index (χ0v) is 14.9. The van der Waals surface area contributed by atoms with Crippen LogP contribution in [-0.4, -0.2) is 24.5 Å². The summed E-state index contributed by atoms with van der Waals surface area (Å²) in [5.74, 6) is 2.05. The Kier molecular flexibility index (Phi) is 3.79. The maximum Gasteiger partial charge on any atom is 0.131 e. The third-order valence-corrected chi connectivity index (χ3v) is 5.93. The molecule has 2 aliphatic heterocycles. The maximum absolute atomic E-state index is 6.21. The smallest absolute Gasteiger partial charge is 0.131 e. The highest BCUT2D eigenvalue weighted by molar-refractivity contribution is 5.58. The Morgan fingerprint density at radius 2 is 1.38 bits per heavy atom. The van der Waals surface area contributed by atoms with E-state index in [-0.39, 0.29) is 5.41 Å². The summed E-state index contributed by atoms with van der Waals surface area (Å²) in [5, 5.41) is 0. The van der Waals surface area contributed by atoms with Crippen molar-refractivity contribution >= 4 is 0 Å². The van der Waals surface area contributed by atoms with Gasteiger partial charge in [-0.25, -0.2) is 0 Å². The topological polar surface area (TPSA) is 12.5 Å². The van der Waals surface area contributed by atoms with Crippen LogP contribution in [0.2, 0.25) is 0 Å². The van der Waals surface area contributed by atoms with Crippen molar-refractivity contribution in [1.82, 2.24) is 4.90 Å². The molecule has 2 aliphatic rings. The fourth-order valence-electron chi connectivity index (χ4n) is 4.62. The number of rotatable bonds is 3. The summed E-state index contributed by atoms with van der Waals surface area (Å²) in [4.78, 5) is 2.62.